The highest BCUT2D eigenvalue weighted by Crippen LogP contribution is 2.05. The van der Waals surface area contributed by atoms with E-state index in [-0.39, 0.29) is 13.2 Å². The highest BCUT2D eigenvalue weighted by atomic mass is 16.3. The number of aliphatic hydroxyl groups excluding tert-OH is 3. The first-order valence-corrected chi connectivity index (χ1v) is 2.98. The first-order chi connectivity index (χ1) is 4.58. The second kappa shape index (κ2) is 3.85. The van der Waals surface area contributed by atoms with Crippen LogP contribution in [0.2, 0.25) is 0 Å². The van der Waals surface area contributed by atoms with Gasteiger partial charge in [0.2, 0.25) is 0 Å². The molecule has 62 valence electrons. The molecule has 0 rings (SSSR count). The van der Waals surface area contributed by atoms with Gasteiger partial charge in [-0.15, -0.1) is 0 Å². The van der Waals surface area contributed by atoms with E-state index < -0.39 is 18.2 Å². The number of rotatable bonds is 4. The number of hydrogen-bond donors (Lipinski definition) is 5. The smallest absolute Gasteiger partial charge is 0.0947 e. The lowest BCUT2D eigenvalue weighted by molar-refractivity contribution is 0.0557. The van der Waals surface area contributed by atoms with E-state index in [1.807, 2.05) is 0 Å². The van der Waals surface area contributed by atoms with Crippen LogP contribution in [0.4, 0.5) is 0 Å². The summed E-state index contributed by atoms with van der Waals surface area (Å²) in [6.07, 6.45) is 0. The van der Waals surface area contributed by atoms with Gasteiger partial charge in [0.25, 0.3) is 0 Å². The zero-order valence-corrected chi connectivity index (χ0v) is 5.70. The Bertz CT molecular complexity index is 92.9. The molecule has 10 heavy (non-hydrogen) atoms. The molecule has 0 saturated carbocycles. The largest absolute Gasteiger partial charge is 0.396 e. The molecule has 0 amide bonds. The van der Waals surface area contributed by atoms with Gasteiger partial charge in [-0.1, -0.05) is 0 Å². The van der Waals surface area contributed by atoms with Crippen molar-refractivity contribution < 1.29 is 15.3 Å². The minimum atomic E-state index is -1.39. The highest BCUT2D eigenvalue weighted by Gasteiger charge is 2.28. The second-order valence-corrected chi connectivity index (χ2v) is 2.33. The summed E-state index contributed by atoms with van der Waals surface area (Å²) in [5.74, 6) is -0.669. The molecule has 0 radical (unpaired) electrons. The first-order valence-electron chi connectivity index (χ1n) is 2.98. The zero-order valence-electron chi connectivity index (χ0n) is 5.70. The fourth-order valence-electron chi connectivity index (χ4n) is 0.527. The summed E-state index contributed by atoms with van der Waals surface area (Å²) < 4.78 is 0. The summed E-state index contributed by atoms with van der Waals surface area (Å²) in [6.45, 7) is -1.12. The molecule has 0 fully saturated rings. The van der Waals surface area contributed by atoms with Crippen LogP contribution in [0.15, 0.2) is 0 Å². The molecule has 0 aromatic rings. The predicted octanol–water partition coefficient (Wildman–Crippen LogP) is -2.81. The SMILES string of the molecule is NC(N)(CO)C(CO)CO. The van der Waals surface area contributed by atoms with Crippen molar-refractivity contribution in [1.29, 1.82) is 0 Å². The van der Waals surface area contributed by atoms with Gasteiger partial charge >= 0.3 is 0 Å². The van der Waals surface area contributed by atoms with Gasteiger partial charge in [-0.2, -0.15) is 0 Å². The van der Waals surface area contributed by atoms with Gasteiger partial charge in [0.05, 0.1) is 25.5 Å². The topological polar surface area (TPSA) is 113 Å². The molecule has 0 bridgehead atoms. The van der Waals surface area contributed by atoms with Crippen molar-refractivity contribution in [2.75, 3.05) is 19.8 Å². The Labute approximate surface area is 59.3 Å². The monoisotopic (exact) mass is 150 g/mol. The Kier molecular flexibility index (Phi) is 3.77. The Morgan fingerprint density at radius 2 is 1.50 bits per heavy atom. The van der Waals surface area contributed by atoms with Crippen LogP contribution in [-0.4, -0.2) is 40.8 Å². The molecule has 0 unspecified atom stereocenters. The third-order valence-electron chi connectivity index (χ3n) is 1.47. The van der Waals surface area contributed by atoms with Gasteiger partial charge in [0, 0.05) is 5.92 Å². The summed E-state index contributed by atoms with van der Waals surface area (Å²) in [6, 6.07) is 0. The van der Waals surface area contributed by atoms with E-state index in [2.05, 4.69) is 0 Å². The Balaban J connectivity index is 3.97. The number of aliphatic hydroxyl groups is 3. The van der Waals surface area contributed by atoms with Crippen molar-refractivity contribution in [3.05, 3.63) is 0 Å². The van der Waals surface area contributed by atoms with Gasteiger partial charge in [0.15, 0.2) is 0 Å². The van der Waals surface area contributed by atoms with E-state index >= 15 is 0 Å². The molecule has 0 aromatic carbocycles. The van der Waals surface area contributed by atoms with E-state index in [0.29, 0.717) is 0 Å². The van der Waals surface area contributed by atoms with Crippen molar-refractivity contribution in [3.8, 4) is 0 Å². The van der Waals surface area contributed by atoms with Crippen LogP contribution in [-0.2, 0) is 0 Å². The van der Waals surface area contributed by atoms with E-state index in [0.717, 1.165) is 0 Å². The molecule has 5 heteroatoms. The Morgan fingerprint density at radius 3 is 1.60 bits per heavy atom. The van der Waals surface area contributed by atoms with Crippen LogP contribution in [0, 0.1) is 5.92 Å². The van der Waals surface area contributed by atoms with Gasteiger partial charge in [-0.05, 0) is 0 Å². The lowest BCUT2D eigenvalue weighted by atomic mass is 9.97. The first kappa shape index (κ1) is 9.80. The molecular weight excluding hydrogens is 136 g/mol. The van der Waals surface area contributed by atoms with Crippen molar-refractivity contribution in [2.24, 2.45) is 17.4 Å². The number of nitrogens with two attached hydrogens (primary N) is 2. The highest BCUT2D eigenvalue weighted by molar-refractivity contribution is 4.83. The molecule has 0 spiro atoms. The molecular formula is C5H14N2O3. The summed E-state index contributed by atoms with van der Waals surface area (Å²) in [5.41, 5.74) is 9.19. The van der Waals surface area contributed by atoms with Gasteiger partial charge in [0.1, 0.15) is 0 Å². The minimum absolute atomic E-state index is 0.329. The van der Waals surface area contributed by atoms with Crippen LogP contribution >= 0.6 is 0 Å². The van der Waals surface area contributed by atoms with E-state index in [1.54, 1.807) is 0 Å². The van der Waals surface area contributed by atoms with E-state index in [1.165, 1.54) is 0 Å². The predicted molar refractivity (Wildman–Crippen MR) is 35.9 cm³/mol. The molecule has 0 aliphatic heterocycles. The van der Waals surface area contributed by atoms with Crippen LogP contribution in [0.3, 0.4) is 0 Å². The fourth-order valence-corrected chi connectivity index (χ4v) is 0.527. The lowest BCUT2D eigenvalue weighted by Gasteiger charge is -2.28. The van der Waals surface area contributed by atoms with Crippen LogP contribution < -0.4 is 11.5 Å². The van der Waals surface area contributed by atoms with Crippen molar-refractivity contribution in [1.82, 2.24) is 0 Å². The summed E-state index contributed by atoms with van der Waals surface area (Å²) in [7, 11) is 0. The quantitative estimate of drug-likeness (QED) is 0.278. The summed E-state index contributed by atoms with van der Waals surface area (Å²) in [5, 5.41) is 25.7. The number of hydrogen-bond acceptors (Lipinski definition) is 5. The molecule has 7 N–H and O–H groups in total. The normalized spacial score (nSPS) is 12.6. The van der Waals surface area contributed by atoms with Crippen molar-refractivity contribution in [3.63, 3.8) is 0 Å². The van der Waals surface area contributed by atoms with Crippen molar-refractivity contribution >= 4 is 0 Å². The third kappa shape index (κ3) is 2.20. The molecule has 0 aromatic heterocycles. The standard InChI is InChI=1S/C5H14N2O3/c6-5(7,3-10)4(1-8)2-9/h4,8-10H,1-3,6-7H2. The average Bonchev–Trinajstić information content (AvgIpc) is 1.90. The molecule has 5 nitrogen and oxygen atoms in total. The molecule has 0 saturated heterocycles. The van der Waals surface area contributed by atoms with E-state index in [9.17, 15) is 0 Å². The maximum atomic E-state index is 8.56. The van der Waals surface area contributed by atoms with E-state index in [4.69, 9.17) is 26.8 Å². The average molecular weight is 150 g/mol. The maximum Gasteiger partial charge on any atom is 0.0947 e. The Hall–Kier alpha value is -0.200. The summed E-state index contributed by atoms with van der Waals surface area (Å²) >= 11 is 0. The Morgan fingerprint density at radius 1 is 1.10 bits per heavy atom. The van der Waals surface area contributed by atoms with Gasteiger partial charge < -0.3 is 26.8 Å². The minimum Gasteiger partial charge on any atom is -0.396 e. The van der Waals surface area contributed by atoms with Gasteiger partial charge in [-0.3, -0.25) is 0 Å². The third-order valence-corrected chi connectivity index (χ3v) is 1.47. The zero-order chi connectivity index (χ0) is 8.20. The molecule has 0 atom stereocenters. The summed E-state index contributed by atoms with van der Waals surface area (Å²) in [4.78, 5) is 0. The van der Waals surface area contributed by atoms with Crippen LogP contribution in [0.1, 0.15) is 0 Å². The second-order valence-electron chi connectivity index (χ2n) is 2.33. The van der Waals surface area contributed by atoms with Gasteiger partial charge in [-0.25, -0.2) is 0 Å². The van der Waals surface area contributed by atoms with Crippen LogP contribution in [0.5, 0.6) is 0 Å². The van der Waals surface area contributed by atoms with Crippen molar-refractivity contribution in [2.45, 2.75) is 5.66 Å². The van der Waals surface area contributed by atoms with Crippen LogP contribution in [0.25, 0.3) is 0 Å². The molecule has 0 heterocycles. The maximum absolute atomic E-state index is 8.56. The molecule has 0 aliphatic carbocycles. The lowest BCUT2D eigenvalue weighted by Crippen LogP contribution is -2.60. The molecule has 0 aliphatic rings. The fraction of sp³-hybridized carbons (Fsp3) is 1.00.